The number of nitrogens with zero attached hydrogens (tertiary/aromatic N) is 9. The topological polar surface area (TPSA) is 80.8 Å². The highest BCUT2D eigenvalue weighted by molar-refractivity contribution is 5.78. The van der Waals surface area contributed by atoms with Crippen LogP contribution in [-0.4, -0.2) is 60.7 Å². The Morgan fingerprint density at radius 2 is 1.22 bits per heavy atom. The van der Waals surface area contributed by atoms with Crippen LogP contribution in [0.2, 0.25) is 0 Å². The highest BCUT2D eigenvalue weighted by atomic mass is 15.3. The maximum atomic E-state index is 5.05. The molecule has 4 aromatic rings. The lowest BCUT2D eigenvalue weighted by Gasteiger charge is -2.37. The fraction of sp³-hybridized carbons (Fsp3) is 0.435. The number of anilines is 2. The first-order valence-electron chi connectivity index (χ1n) is 11.5. The van der Waals surface area contributed by atoms with Gasteiger partial charge in [-0.25, -0.2) is 15.0 Å². The normalized spacial score (nSPS) is 18.5. The van der Waals surface area contributed by atoms with Gasteiger partial charge in [0.05, 0.1) is 12.1 Å². The molecule has 164 valence electrons. The van der Waals surface area contributed by atoms with Gasteiger partial charge in [-0.05, 0) is 49.9 Å². The van der Waals surface area contributed by atoms with E-state index in [4.69, 9.17) is 9.97 Å². The lowest BCUT2D eigenvalue weighted by atomic mass is 10.0. The number of pyridine rings is 1. The van der Waals surface area contributed by atoms with Gasteiger partial charge >= 0.3 is 0 Å². The van der Waals surface area contributed by atoms with Gasteiger partial charge in [-0.15, -0.1) is 0 Å². The number of hydrogen-bond acceptors (Lipinski definition) is 7. The van der Waals surface area contributed by atoms with E-state index in [1.165, 1.54) is 0 Å². The standard InChI is InChI=1S/C23H27N9/c1-4-20-21(24-9-1)28-23(30-16-7-19(8-17-30)32-13-3-11-26-32)22(27-20)29-14-5-18(6-15-29)31-12-2-10-25-31/h1-4,9-13,18-19H,5-8,14-17H2. The van der Waals surface area contributed by atoms with Crippen molar-refractivity contribution >= 4 is 22.8 Å². The minimum atomic E-state index is 0.445. The zero-order chi connectivity index (χ0) is 21.3. The fourth-order valence-electron chi connectivity index (χ4n) is 4.98. The second-order valence-electron chi connectivity index (χ2n) is 8.63. The molecule has 0 bridgehead atoms. The van der Waals surface area contributed by atoms with E-state index >= 15 is 0 Å². The van der Waals surface area contributed by atoms with Gasteiger partial charge in [0, 0.05) is 57.2 Å². The van der Waals surface area contributed by atoms with E-state index in [2.05, 4.69) is 46.7 Å². The summed E-state index contributed by atoms with van der Waals surface area (Å²) >= 11 is 0. The van der Waals surface area contributed by atoms with E-state index in [0.29, 0.717) is 17.7 Å². The number of rotatable bonds is 4. The van der Waals surface area contributed by atoms with Crippen LogP contribution in [0.25, 0.3) is 11.2 Å². The molecule has 0 radical (unpaired) electrons. The third-order valence-electron chi connectivity index (χ3n) is 6.73. The molecule has 0 spiro atoms. The Balaban J connectivity index is 1.26. The van der Waals surface area contributed by atoms with Gasteiger partial charge in [-0.3, -0.25) is 9.36 Å². The first-order valence-corrected chi connectivity index (χ1v) is 11.5. The molecule has 2 aliphatic rings. The molecule has 6 rings (SSSR count). The first-order chi connectivity index (χ1) is 15.8. The molecule has 4 aromatic heterocycles. The zero-order valence-electron chi connectivity index (χ0n) is 18.0. The molecule has 0 aliphatic carbocycles. The van der Waals surface area contributed by atoms with Crippen molar-refractivity contribution in [3.8, 4) is 0 Å². The average molecular weight is 430 g/mol. The van der Waals surface area contributed by atoms with Crippen molar-refractivity contribution in [3.05, 3.63) is 55.2 Å². The summed E-state index contributed by atoms with van der Waals surface area (Å²) in [7, 11) is 0. The van der Waals surface area contributed by atoms with Crippen LogP contribution >= 0.6 is 0 Å². The van der Waals surface area contributed by atoms with Crippen LogP contribution in [0.4, 0.5) is 11.6 Å². The summed E-state index contributed by atoms with van der Waals surface area (Å²) in [4.78, 5) is 19.3. The number of piperidine rings is 2. The Kier molecular flexibility index (Phi) is 4.93. The maximum absolute atomic E-state index is 5.05. The third-order valence-corrected chi connectivity index (χ3v) is 6.73. The van der Waals surface area contributed by atoms with Crippen LogP contribution in [0.5, 0.6) is 0 Å². The zero-order valence-corrected chi connectivity index (χ0v) is 18.0. The molecule has 0 amide bonds. The molecule has 2 saturated heterocycles. The number of fused-ring (bicyclic) bond motifs is 1. The second-order valence-corrected chi connectivity index (χ2v) is 8.63. The number of aromatic nitrogens is 7. The third kappa shape index (κ3) is 3.57. The quantitative estimate of drug-likeness (QED) is 0.493. The maximum Gasteiger partial charge on any atom is 0.180 e. The molecule has 0 saturated carbocycles. The Bertz CT molecular complexity index is 1060. The van der Waals surface area contributed by atoms with Gasteiger partial charge in [-0.1, -0.05) is 0 Å². The molecule has 0 N–H and O–H groups in total. The van der Waals surface area contributed by atoms with Crippen LogP contribution in [-0.2, 0) is 0 Å². The van der Waals surface area contributed by atoms with Gasteiger partial charge in [0.1, 0.15) is 5.52 Å². The van der Waals surface area contributed by atoms with E-state index in [0.717, 1.165) is 69.0 Å². The lowest BCUT2D eigenvalue weighted by molar-refractivity contribution is 0.361. The summed E-state index contributed by atoms with van der Waals surface area (Å²) in [6.07, 6.45) is 13.8. The minimum absolute atomic E-state index is 0.445. The molecule has 9 nitrogen and oxygen atoms in total. The summed E-state index contributed by atoms with van der Waals surface area (Å²) in [5, 5.41) is 8.89. The molecule has 9 heteroatoms. The van der Waals surface area contributed by atoms with E-state index < -0.39 is 0 Å². The monoisotopic (exact) mass is 429 g/mol. The molecule has 0 atom stereocenters. The van der Waals surface area contributed by atoms with E-state index in [9.17, 15) is 0 Å². The predicted octanol–water partition coefficient (Wildman–Crippen LogP) is 3.10. The van der Waals surface area contributed by atoms with Crippen LogP contribution in [0.1, 0.15) is 37.8 Å². The van der Waals surface area contributed by atoms with Crippen LogP contribution < -0.4 is 9.80 Å². The summed E-state index contributed by atoms with van der Waals surface area (Å²) in [6, 6.07) is 8.82. The Labute approximate surface area is 186 Å². The van der Waals surface area contributed by atoms with Crippen molar-refractivity contribution in [3.63, 3.8) is 0 Å². The van der Waals surface area contributed by atoms with Crippen molar-refractivity contribution in [2.45, 2.75) is 37.8 Å². The fourth-order valence-corrected chi connectivity index (χ4v) is 4.98. The lowest BCUT2D eigenvalue weighted by Crippen LogP contribution is -2.39. The van der Waals surface area contributed by atoms with Crippen molar-refractivity contribution in [2.24, 2.45) is 0 Å². The average Bonchev–Trinajstić information content (AvgIpc) is 3.58. The Morgan fingerprint density at radius 3 is 1.75 bits per heavy atom. The summed E-state index contributed by atoms with van der Waals surface area (Å²) < 4.78 is 4.18. The molecular weight excluding hydrogens is 402 g/mol. The molecule has 0 unspecified atom stereocenters. The van der Waals surface area contributed by atoms with Crippen molar-refractivity contribution in [1.29, 1.82) is 0 Å². The molecule has 2 aliphatic heterocycles. The molecule has 6 heterocycles. The van der Waals surface area contributed by atoms with E-state index in [1.807, 2.05) is 36.7 Å². The largest absolute Gasteiger partial charge is 0.353 e. The van der Waals surface area contributed by atoms with E-state index in [-0.39, 0.29) is 0 Å². The van der Waals surface area contributed by atoms with Gasteiger partial charge < -0.3 is 9.80 Å². The summed E-state index contributed by atoms with van der Waals surface area (Å²) in [6.45, 7) is 3.77. The van der Waals surface area contributed by atoms with E-state index in [1.54, 1.807) is 6.20 Å². The number of hydrogen-bond donors (Lipinski definition) is 0. The molecule has 0 aromatic carbocycles. The smallest absolute Gasteiger partial charge is 0.180 e. The SMILES string of the molecule is c1cnc2nc(N3CCC(n4cccn4)CC3)c(N3CCC(n4cccn4)CC3)nc2c1. The first kappa shape index (κ1) is 19.2. The van der Waals surface area contributed by atoms with Crippen LogP contribution in [0, 0.1) is 0 Å². The Hall–Kier alpha value is -3.49. The Morgan fingerprint density at radius 1 is 0.656 bits per heavy atom. The van der Waals surface area contributed by atoms with Crippen molar-refractivity contribution in [1.82, 2.24) is 34.5 Å². The van der Waals surface area contributed by atoms with Gasteiger partial charge in [-0.2, -0.15) is 10.2 Å². The second kappa shape index (κ2) is 8.22. The van der Waals surface area contributed by atoms with Gasteiger partial charge in [0.15, 0.2) is 17.3 Å². The van der Waals surface area contributed by atoms with Gasteiger partial charge in [0.2, 0.25) is 0 Å². The summed E-state index contributed by atoms with van der Waals surface area (Å²) in [5.41, 5.74) is 1.57. The minimum Gasteiger partial charge on any atom is -0.353 e. The van der Waals surface area contributed by atoms with Crippen LogP contribution in [0.15, 0.2) is 55.2 Å². The van der Waals surface area contributed by atoms with Gasteiger partial charge in [0.25, 0.3) is 0 Å². The molecular formula is C23H27N9. The van der Waals surface area contributed by atoms with Crippen molar-refractivity contribution < 1.29 is 0 Å². The highest BCUT2D eigenvalue weighted by Crippen LogP contribution is 2.34. The predicted molar refractivity (Wildman–Crippen MR) is 123 cm³/mol. The molecule has 32 heavy (non-hydrogen) atoms. The highest BCUT2D eigenvalue weighted by Gasteiger charge is 2.29. The molecule has 2 fully saturated rings. The summed E-state index contributed by atoms with van der Waals surface area (Å²) in [5.74, 6) is 1.95. The van der Waals surface area contributed by atoms with Crippen molar-refractivity contribution in [2.75, 3.05) is 36.0 Å². The van der Waals surface area contributed by atoms with Crippen LogP contribution in [0.3, 0.4) is 0 Å².